The third-order valence-corrected chi connectivity index (χ3v) is 5.46. The van der Waals surface area contributed by atoms with Crippen molar-refractivity contribution < 1.29 is 19.4 Å². The molecule has 2 rings (SSSR count). The van der Waals surface area contributed by atoms with E-state index in [1.165, 1.54) is 6.42 Å². The summed E-state index contributed by atoms with van der Waals surface area (Å²) in [5.74, 6) is -0.377. The number of rotatable bonds is 8. The highest BCUT2D eigenvalue weighted by molar-refractivity contribution is 5.78. The zero-order valence-corrected chi connectivity index (χ0v) is 18.8. The van der Waals surface area contributed by atoms with Crippen LogP contribution in [0.2, 0.25) is 0 Å². The molecule has 6 nitrogen and oxygen atoms in total. The topological polar surface area (TPSA) is 87.7 Å². The molecule has 1 aromatic rings. The lowest BCUT2D eigenvalue weighted by Crippen LogP contribution is -2.48. The standard InChI is InChI=1S/C24H38N2O4/c1-17(22(28)25-19-13-9-6-10-14-19)15-21(27)20(16-18-11-7-5-8-12-18)26-23(29)30-24(2,3)4/h5,7-8,11-12,17,19-21,27H,6,9-10,13-16H2,1-4H3,(H,25,28)(H,26,29)/t17-,20+,21+/m1/s1. The summed E-state index contributed by atoms with van der Waals surface area (Å²) in [6.07, 6.45) is 4.88. The van der Waals surface area contributed by atoms with E-state index in [-0.39, 0.29) is 24.3 Å². The van der Waals surface area contributed by atoms with E-state index in [9.17, 15) is 14.7 Å². The Morgan fingerprint density at radius 2 is 1.77 bits per heavy atom. The van der Waals surface area contributed by atoms with Crippen LogP contribution in [-0.2, 0) is 16.0 Å². The molecule has 1 fully saturated rings. The first-order valence-corrected chi connectivity index (χ1v) is 11.2. The van der Waals surface area contributed by atoms with Crippen molar-refractivity contribution in [2.75, 3.05) is 0 Å². The summed E-state index contributed by atoms with van der Waals surface area (Å²) in [5.41, 5.74) is 0.372. The van der Waals surface area contributed by atoms with Crippen LogP contribution in [0.1, 0.15) is 71.8 Å². The zero-order valence-electron chi connectivity index (χ0n) is 18.8. The Balaban J connectivity index is 1.98. The predicted molar refractivity (Wildman–Crippen MR) is 118 cm³/mol. The molecule has 168 valence electrons. The van der Waals surface area contributed by atoms with E-state index >= 15 is 0 Å². The summed E-state index contributed by atoms with van der Waals surface area (Å²) in [6.45, 7) is 7.22. The monoisotopic (exact) mass is 418 g/mol. The minimum absolute atomic E-state index is 0.0309. The number of nitrogens with one attached hydrogen (secondary N) is 2. The zero-order chi connectivity index (χ0) is 22.1. The smallest absolute Gasteiger partial charge is 0.407 e. The lowest BCUT2D eigenvalue weighted by Gasteiger charge is -2.29. The first kappa shape index (κ1) is 24.2. The fraction of sp³-hybridized carbons (Fsp3) is 0.667. The van der Waals surface area contributed by atoms with Crippen LogP contribution in [-0.4, -0.2) is 40.9 Å². The predicted octanol–water partition coefficient (Wildman–Crippen LogP) is 3.96. The quantitative estimate of drug-likeness (QED) is 0.596. The number of aliphatic hydroxyl groups is 1. The van der Waals surface area contributed by atoms with Crippen molar-refractivity contribution in [1.29, 1.82) is 0 Å². The van der Waals surface area contributed by atoms with Gasteiger partial charge in [0.2, 0.25) is 5.91 Å². The van der Waals surface area contributed by atoms with Crippen molar-refractivity contribution in [3.05, 3.63) is 35.9 Å². The largest absolute Gasteiger partial charge is 0.444 e. The van der Waals surface area contributed by atoms with E-state index in [2.05, 4.69) is 10.6 Å². The number of hydrogen-bond acceptors (Lipinski definition) is 4. The fourth-order valence-electron chi connectivity index (χ4n) is 3.83. The Bertz CT molecular complexity index is 666. The molecule has 3 atom stereocenters. The molecule has 2 amide bonds. The Kier molecular flexibility index (Phi) is 9.15. The van der Waals surface area contributed by atoms with Crippen LogP contribution in [0, 0.1) is 5.92 Å². The molecule has 0 aliphatic heterocycles. The van der Waals surface area contributed by atoms with E-state index in [1.54, 1.807) is 20.8 Å². The van der Waals surface area contributed by atoms with Gasteiger partial charge in [0, 0.05) is 12.0 Å². The minimum atomic E-state index is -0.871. The van der Waals surface area contributed by atoms with Crippen molar-refractivity contribution in [3.8, 4) is 0 Å². The maximum atomic E-state index is 12.6. The van der Waals surface area contributed by atoms with Crippen molar-refractivity contribution in [1.82, 2.24) is 10.6 Å². The number of aliphatic hydroxyl groups excluding tert-OH is 1. The number of benzene rings is 1. The molecule has 1 aliphatic carbocycles. The van der Waals surface area contributed by atoms with Gasteiger partial charge in [0.25, 0.3) is 0 Å². The van der Waals surface area contributed by atoms with Crippen LogP contribution in [0.25, 0.3) is 0 Å². The van der Waals surface area contributed by atoms with Gasteiger partial charge in [-0.05, 0) is 52.0 Å². The van der Waals surface area contributed by atoms with Crippen LogP contribution >= 0.6 is 0 Å². The summed E-state index contributed by atoms with van der Waals surface area (Å²) in [5, 5.41) is 16.8. The molecule has 0 radical (unpaired) electrons. The second kappa shape index (κ2) is 11.3. The fourth-order valence-corrected chi connectivity index (χ4v) is 3.83. The van der Waals surface area contributed by atoms with Crippen LogP contribution < -0.4 is 10.6 Å². The summed E-state index contributed by atoms with van der Waals surface area (Å²) in [7, 11) is 0. The lowest BCUT2D eigenvalue weighted by atomic mass is 9.92. The van der Waals surface area contributed by atoms with E-state index in [0.29, 0.717) is 6.42 Å². The number of alkyl carbamates (subject to hydrolysis) is 1. The highest BCUT2D eigenvalue weighted by atomic mass is 16.6. The van der Waals surface area contributed by atoms with E-state index < -0.39 is 23.8 Å². The number of amides is 2. The van der Waals surface area contributed by atoms with Crippen molar-refractivity contribution in [2.45, 2.75) is 96.4 Å². The third-order valence-electron chi connectivity index (χ3n) is 5.46. The summed E-state index contributed by atoms with van der Waals surface area (Å²) >= 11 is 0. The first-order chi connectivity index (χ1) is 14.1. The second-order valence-corrected chi connectivity index (χ2v) is 9.49. The molecule has 0 saturated heterocycles. The molecule has 1 aliphatic rings. The van der Waals surface area contributed by atoms with Crippen LogP contribution in [0.15, 0.2) is 30.3 Å². The number of hydrogen-bond donors (Lipinski definition) is 3. The first-order valence-electron chi connectivity index (χ1n) is 11.2. The number of ether oxygens (including phenoxy) is 1. The molecule has 0 bridgehead atoms. The molecular formula is C24H38N2O4. The maximum Gasteiger partial charge on any atom is 0.407 e. The summed E-state index contributed by atoms with van der Waals surface area (Å²) in [4.78, 5) is 24.9. The third kappa shape index (κ3) is 8.74. The summed E-state index contributed by atoms with van der Waals surface area (Å²) in [6, 6.07) is 9.37. The molecule has 1 aromatic carbocycles. The van der Waals surface area contributed by atoms with E-state index in [0.717, 1.165) is 31.2 Å². The maximum absolute atomic E-state index is 12.6. The second-order valence-electron chi connectivity index (χ2n) is 9.49. The molecule has 6 heteroatoms. The highest BCUT2D eigenvalue weighted by Gasteiger charge is 2.28. The summed E-state index contributed by atoms with van der Waals surface area (Å²) < 4.78 is 5.37. The van der Waals surface area contributed by atoms with Crippen molar-refractivity contribution in [2.24, 2.45) is 5.92 Å². The van der Waals surface area contributed by atoms with E-state index in [1.807, 2.05) is 37.3 Å². The van der Waals surface area contributed by atoms with Gasteiger partial charge in [-0.2, -0.15) is 0 Å². The minimum Gasteiger partial charge on any atom is -0.444 e. The highest BCUT2D eigenvalue weighted by Crippen LogP contribution is 2.19. The SMILES string of the molecule is C[C@H](C[C@H](O)[C@H](Cc1ccccc1)NC(=O)OC(C)(C)C)C(=O)NC1CCCCC1. The Hall–Kier alpha value is -2.08. The number of carbonyl (C=O) groups excluding carboxylic acids is 2. The van der Waals surface area contributed by atoms with Gasteiger partial charge in [-0.1, -0.05) is 56.5 Å². The average Bonchev–Trinajstić information content (AvgIpc) is 2.67. The van der Waals surface area contributed by atoms with Crippen LogP contribution in [0.4, 0.5) is 4.79 Å². The van der Waals surface area contributed by atoms with Gasteiger partial charge in [0.05, 0.1) is 12.1 Å². The van der Waals surface area contributed by atoms with Gasteiger partial charge in [-0.3, -0.25) is 4.79 Å². The Morgan fingerprint density at radius 1 is 1.13 bits per heavy atom. The number of carbonyl (C=O) groups is 2. The molecule has 0 aromatic heterocycles. The lowest BCUT2D eigenvalue weighted by molar-refractivity contribution is -0.126. The molecule has 3 N–H and O–H groups in total. The van der Waals surface area contributed by atoms with Gasteiger partial charge >= 0.3 is 6.09 Å². The molecular weight excluding hydrogens is 380 g/mol. The van der Waals surface area contributed by atoms with Gasteiger partial charge in [-0.25, -0.2) is 4.79 Å². The van der Waals surface area contributed by atoms with Gasteiger partial charge in [0.15, 0.2) is 0 Å². The van der Waals surface area contributed by atoms with Gasteiger partial charge in [0.1, 0.15) is 5.60 Å². The normalized spacial score (nSPS) is 18.2. The average molecular weight is 419 g/mol. The Morgan fingerprint density at radius 3 is 2.37 bits per heavy atom. The van der Waals surface area contributed by atoms with Gasteiger partial charge in [-0.15, -0.1) is 0 Å². The van der Waals surface area contributed by atoms with Crippen LogP contribution in [0.3, 0.4) is 0 Å². The molecule has 0 spiro atoms. The molecule has 0 unspecified atom stereocenters. The van der Waals surface area contributed by atoms with Crippen molar-refractivity contribution >= 4 is 12.0 Å². The Labute approximate surface area is 180 Å². The van der Waals surface area contributed by atoms with E-state index in [4.69, 9.17) is 4.74 Å². The van der Waals surface area contributed by atoms with Gasteiger partial charge < -0.3 is 20.5 Å². The molecule has 0 heterocycles. The van der Waals surface area contributed by atoms with Crippen molar-refractivity contribution in [3.63, 3.8) is 0 Å². The van der Waals surface area contributed by atoms with Crippen LogP contribution in [0.5, 0.6) is 0 Å². The molecule has 1 saturated carbocycles. The molecule has 30 heavy (non-hydrogen) atoms.